The first-order chi connectivity index (χ1) is 21.0. The third kappa shape index (κ3) is 8.08. The van der Waals surface area contributed by atoms with Crippen molar-refractivity contribution in [1.29, 1.82) is 0 Å². The molecule has 1 aromatic carbocycles. The smallest absolute Gasteiger partial charge is 0.407 e. The number of amides is 2. The van der Waals surface area contributed by atoms with Gasteiger partial charge in [0.1, 0.15) is 17.3 Å². The average molecular weight is 581 g/mol. The van der Waals surface area contributed by atoms with Crippen LogP contribution in [0.2, 0.25) is 0 Å². The molecular formula is C32H36N8O3. The van der Waals surface area contributed by atoms with Crippen LogP contribution < -0.4 is 10.6 Å². The molecule has 222 valence electrons. The number of unbranched alkanes of at least 4 members (excludes halogenated alkanes) is 1. The highest BCUT2D eigenvalue weighted by molar-refractivity contribution is 5.82. The molecule has 2 amide bonds. The maximum atomic E-state index is 11.7. The third-order valence-electron chi connectivity index (χ3n) is 7.41. The number of H-pyrrole nitrogens is 2. The van der Waals surface area contributed by atoms with Gasteiger partial charge in [-0.25, -0.2) is 19.7 Å². The number of nitrogens with zero attached hydrogens (tertiary/aromatic N) is 4. The molecule has 0 radical (unpaired) electrons. The summed E-state index contributed by atoms with van der Waals surface area (Å²) in [5.41, 5.74) is 5.53. The lowest BCUT2D eigenvalue weighted by atomic mass is 10.1. The Labute approximate surface area is 250 Å². The van der Waals surface area contributed by atoms with E-state index in [-0.39, 0.29) is 12.5 Å². The Morgan fingerprint density at radius 1 is 0.953 bits per heavy atom. The van der Waals surface area contributed by atoms with Gasteiger partial charge in [0.2, 0.25) is 5.91 Å². The number of hydrogen-bond donors (Lipinski definition) is 4. The number of likely N-dealkylation sites (tertiary alicyclic amines) is 1. The van der Waals surface area contributed by atoms with E-state index in [0.717, 1.165) is 72.0 Å². The highest BCUT2D eigenvalue weighted by Crippen LogP contribution is 2.30. The Kier molecular flexibility index (Phi) is 9.82. The summed E-state index contributed by atoms with van der Waals surface area (Å²) < 4.78 is 4.43. The maximum Gasteiger partial charge on any atom is 0.407 e. The van der Waals surface area contributed by atoms with Gasteiger partial charge in [-0.05, 0) is 75.0 Å². The zero-order chi connectivity index (χ0) is 30.0. The monoisotopic (exact) mass is 580 g/mol. The molecule has 4 N–H and O–H groups in total. The molecule has 4 heterocycles. The second-order valence-electron chi connectivity index (χ2n) is 10.5. The van der Waals surface area contributed by atoms with Gasteiger partial charge in [0.15, 0.2) is 0 Å². The zero-order valence-electron chi connectivity index (χ0n) is 24.4. The normalized spacial score (nSPS) is 14.6. The van der Waals surface area contributed by atoms with Gasteiger partial charge in [-0.2, -0.15) is 0 Å². The molecule has 1 aliphatic heterocycles. The van der Waals surface area contributed by atoms with Crippen molar-refractivity contribution >= 4 is 12.0 Å². The Balaban J connectivity index is 1.08. The Hall–Kier alpha value is -4.95. The first-order valence-electron chi connectivity index (χ1n) is 14.4. The summed E-state index contributed by atoms with van der Waals surface area (Å²) in [6.45, 7) is 1.53. The molecule has 0 bridgehead atoms. The zero-order valence-corrected chi connectivity index (χ0v) is 24.4. The molecule has 11 heteroatoms. The Morgan fingerprint density at radius 2 is 1.74 bits per heavy atom. The molecule has 0 saturated carbocycles. The SMILES string of the molecule is COC(=O)NCC(=O)NCCCCc1ncc(-c2ccc(C#Cc3ccc(-c4cnc(C5CCCN5C)[nH]4)cc3)nc2)[nH]1. The van der Waals surface area contributed by atoms with E-state index in [4.69, 9.17) is 0 Å². The molecule has 4 aromatic rings. The Morgan fingerprint density at radius 3 is 2.49 bits per heavy atom. The number of carbonyl (C=O) groups is 2. The van der Waals surface area contributed by atoms with Crippen LogP contribution in [-0.4, -0.2) is 75.6 Å². The van der Waals surface area contributed by atoms with E-state index < -0.39 is 6.09 Å². The minimum absolute atomic E-state index is 0.105. The van der Waals surface area contributed by atoms with E-state index in [1.165, 1.54) is 13.5 Å². The topological polar surface area (TPSA) is 141 Å². The van der Waals surface area contributed by atoms with E-state index >= 15 is 0 Å². The van der Waals surface area contributed by atoms with Crippen molar-refractivity contribution in [3.05, 3.63) is 77.9 Å². The number of aryl methyl sites for hydroxylation is 1. The first-order valence-corrected chi connectivity index (χ1v) is 14.4. The standard InChI is InChI=1S/C32H36N8O3/c1-40-17-5-6-28(40)31-36-20-26(39-31)23-11-8-22(9-12-23)10-14-25-15-13-24(18-34-25)27-19-35-29(38-27)7-3-4-16-33-30(41)21-37-32(42)43-2/h8-9,11-13,15,18-20,28H,3-7,16-17,21H2,1-2H3,(H,33,41)(H,35,38)(H,36,39)(H,37,42). The van der Waals surface area contributed by atoms with E-state index in [2.05, 4.69) is 76.2 Å². The number of pyridine rings is 1. The van der Waals surface area contributed by atoms with Gasteiger partial charge in [-0.15, -0.1) is 0 Å². The van der Waals surface area contributed by atoms with E-state index in [9.17, 15) is 9.59 Å². The van der Waals surface area contributed by atoms with Crippen molar-refractivity contribution in [3.63, 3.8) is 0 Å². The van der Waals surface area contributed by atoms with Gasteiger partial charge < -0.3 is 25.3 Å². The molecular weight excluding hydrogens is 544 g/mol. The Bertz CT molecular complexity index is 1580. The average Bonchev–Trinajstić information content (AvgIpc) is 3.81. The molecule has 1 saturated heterocycles. The van der Waals surface area contributed by atoms with Crippen LogP contribution in [0, 0.1) is 11.8 Å². The fraction of sp³-hybridized carbons (Fsp3) is 0.344. The molecule has 0 spiro atoms. The van der Waals surface area contributed by atoms with E-state index in [1.807, 2.05) is 30.5 Å². The highest BCUT2D eigenvalue weighted by atomic mass is 16.5. The van der Waals surface area contributed by atoms with Crippen LogP contribution in [0.1, 0.15) is 54.6 Å². The van der Waals surface area contributed by atoms with Crippen molar-refractivity contribution in [3.8, 4) is 34.4 Å². The molecule has 0 aliphatic carbocycles. The van der Waals surface area contributed by atoms with Crippen LogP contribution in [0.3, 0.4) is 0 Å². The van der Waals surface area contributed by atoms with Crippen molar-refractivity contribution in [2.45, 2.75) is 38.1 Å². The van der Waals surface area contributed by atoms with Crippen molar-refractivity contribution in [2.75, 3.05) is 33.8 Å². The molecule has 1 unspecified atom stereocenters. The van der Waals surface area contributed by atoms with Gasteiger partial charge in [-0.3, -0.25) is 9.69 Å². The summed E-state index contributed by atoms with van der Waals surface area (Å²) in [7, 11) is 3.40. The fourth-order valence-corrected chi connectivity index (χ4v) is 4.97. The molecule has 5 rings (SSSR count). The highest BCUT2D eigenvalue weighted by Gasteiger charge is 2.25. The molecule has 1 fully saturated rings. The van der Waals surface area contributed by atoms with Crippen molar-refractivity contribution < 1.29 is 14.3 Å². The minimum atomic E-state index is -0.629. The maximum absolute atomic E-state index is 11.7. The summed E-state index contributed by atoms with van der Waals surface area (Å²) in [6, 6.07) is 12.4. The number of aromatic amines is 2. The summed E-state index contributed by atoms with van der Waals surface area (Å²) in [5.74, 6) is 8.00. The minimum Gasteiger partial charge on any atom is -0.453 e. The molecule has 3 aromatic heterocycles. The summed E-state index contributed by atoms with van der Waals surface area (Å²) in [5, 5.41) is 5.11. The lowest BCUT2D eigenvalue weighted by Gasteiger charge is -2.16. The quantitative estimate of drug-likeness (QED) is 0.165. The van der Waals surface area contributed by atoms with Crippen LogP contribution in [0.15, 0.2) is 55.0 Å². The number of hydrogen-bond acceptors (Lipinski definition) is 7. The number of benzene rings is 1. The second kappa shape index (κ2) is 14.3. The number of alkyl carbamates (subject to hydrolysis) is 1. The number of rotatable bonds is 10. The van der Waals surface area contributed by atoms with Crippen LogP contribution in [0.5, 0.6) is 0 Å². The van der Waals surface area contributed by atoms with Gasteiger partial charge >= 0.3 is 6.09 Å². The predicted molar refractivity (Wildman–Crippen MR) is 163 cm³/mol. The number of imidazole rings is 2. The van der Waals surface area contributed by atoms with Gasteiger partial charge in [0.05, 0.1) is 43.5 Å². The second-order valence-corrected chi connectivity index (χ2v) is 10.5. The summed E-state index contributed by atoms with van der Waals surface area (Å²) >= 11 is 0. The predicted octanol–water partition coefficient (Wildman–Crippen LogP) is 3.82. The van der Waals surface area contributed by atoms with Crippen LogP contribution >= 0.6 is 0 Å². The lowest BCUT2D eigenvalue weighted by Crippen LogP contribution is -2.37. The van der Waals surface area contributed by atoms with Gasteiger partial charge in [0, 0.05) is 30.3 Å². The van der Waals surface area contributed by atoms with Gasteiger partial charge in [0.25, 0.3) is 0 Å². The first kappa shape index (κ1) is 29.5. The van der Waals surface area contributed by atoms with Crippen molar-refractivity contribution in [1.82, 2.24) is 40.5 Å². The van der Waals surface area contributed by atoms with E-state index in [0.29, 0.717) is 18.3 Å². The number of nitrogens with one attached hydrogen (secondary N) is 4. The lowest BCUT2D eigenvalue weighted by molar-refractivity contribution is -0.120. The molecule has 11 nitrogen and oxygen atoms in total. The molecule has 1 aliphatic rings. The van der Waals surface area contributed by atoms with Gasteiger partial charge in [-0.1, -0.05) is 18.1 Å². The number of ether oxygens (including phenoxy) is 1. The van der Waals surface area contributed by atoms with E-state index in [1.54, 1.807) is 12.4 Å². The molecule has 43 heavy (non-hydrogen) atoms. The largest absolute Gasteiger partial charge is 0.453 e. The van der Waals surface area contributed by atoms with Crippen molar-refractivity contribution in [2.24, 2.45) is 0 Å². The summed E-state index contributed by atoms with van der Waals surface area (Å²) in [6.07, 6.45) is 9.62. The summed E-state index contributed by atoms with van der Waals surface area (Å²) in [4.78, 5) is 45.5. The fourth-order valence-electron chi connectivity index (χ4n) is 4.97. The molecule has 1 atom stereocenters. The van der Waals surface area contributed by atoms with Crippen LogP contribution in [0.4, 0.5) is 4.79 Å². The van der Waals surface area contributed by atoms with Crippen LogP contribution in [-0.2, 0) is 16.0 Å². The third-order valence-corrected chi connectivity index (χ3v) is 7.41. The number of methoxy groups -OCH3 is 1. The number of aromatic nitrogens is 5. The van der Waals surface area contributed by atoms with Crippen LogP contribution in [0.25, 0.3) is 22.5 Å². The number of carbonyl (C=O) groups excluding carboxylic acids is 2.